The molecule has 0 saturated carbocycles. The molecule has 0 N–H and O–H groups in total. The molecule has 6 nitrogen and oxygen atoms in total. The second-order valence-electron chi connectivity index (χ2n) is 8.55. The first-order valence-electron chi connectivity index (χ1n) is 11.7. The topological polar surface area (TPSA) is 54.9 Å². The number of hydrogen-bond acceptors (Lipinski definition) is 5. The average Bonchev–Trinajstić information content (AvgIpc) is 2.92. The number of ether oxygens (including phenoxy) is 2. The average molecular weight is 452 g/mol. The molecule has 4 aromatic rings. The highest BCUT2D eigenvalue weighted by Crippen LogP contribution is 2.35. The Morgan fingerprint density at radius 3 is 2.32 bits per heavy atom. The lowest BCUT2D eigenvalue weighted by molar-refractivity contribution is 0.0748. The maximum atomic E-state index is 13.7. The summed E-state index contributed by atoms with van der Waals surface area (Å²) in [6, 6.07) is 25.9. The zero-order valence-electron chi connectivity index (χ0n) is 18.8. The van der Waals surface area contributed by atoms with Crippen LogP contribution < -0.4 is 14.4 Å². The van der Waals surface area contributed by atoms with Gasteiger partial charge in [-0.05, 0) is 42.5 Å². The molecule has 6 heteroatoms. The third kappa shape index (κ3) is 3.81. The van der Waals surface area contributed by atoms with Crippen molar-refractivity contribution in [3.05, 3.63) is 84.4 Å². The van der Waals surface area contributed by atoms with Gasteiger partial charge in [-0.15, -0.1) is 0 Å². The molecule has 0 spiro atoms. The second-order valence-corrected chi connectivity index (χ2v) is 8.55. The molecule has 6 rings (SSSR count). The number of amides is 1. The molecule has 0 radical (unpaired) electrons. The molecule has 0 atom stereocenters. The number of hydrogen-bond donors (Lipinski definition) is 0. The molecule has 0 aliphatic carbocycles. The highest BCUT2D eigenvalue weighted by molar-refractivity contribution is 6.07. The first-order chi connectivity index (χ1) is 16.8. The third-order valence-electron chi connectivity index (χ3n) is 6.47. The van der Waals surface area contributed by atoms with Crippen LogP contribution in [0, 0.1) is 0 Å². The van der Waals surface area contributed by atoms with E-state index in [1.807, 2.05) is 59.5 Å². The quantitative estimate of drug-likeness (QED) is 0.454. The van der Waals surface area contributed by atoms with Crippen LogP contribution >= 0.6 is 0 Å². The molecule has 170 valence electrons. The van der Waals surface area contributed by atoms with Crippen molar-refractivity contribution in [1.29, 1.82) is 0 Å². The molecule has 3 heterocycles. The van der Waals surface area contributed by atoms with E-state index >= 15 is 0 Å². The minimum Gasteiger partial charge on any atom is -0.486 e. The Kier molecular flexibility index (Phi) is 5.26. The fourth-order valence-corrected chi connectivity index (χ4v) is 4.68. The van der Waals surface area contributed by atoms with Crippen LogP contribution in [0.2, 0.25) is 0 Å². The maximum absolute atomic E-state index is 13.7. The minimum atomic E-state index is 0.0464. The zero-order chi connectivity index (χ0) is 22.9. The van der Waals surface area contributed by atoms with Crippen LogP contribution in [0.5, 0.6) is 11.5 Å². The largest absolute Gasteiger partial charge is 0.486 e. The molecule has 1 fully saturated rings. The minimum absolute atomic E-state index is 0.0464. The Balaban J connectivity index is 1.32. The van der Waals surface area contributed by atoms with E-state index in [0.717, 1.165) is 41.0 Å². The van der Waals surface area contributed by atoms with E-state index < -0.39 is 0 Å². The smallest absolute Gasteiger partial charge is 0.254 e. The number of para-hydroxylation sites is 2. The molecular weight excluding hydrogens is 426 g/mol. The Morgan fingerprint density at radius 1 is 0.765 bits per heavy atom. The van der Waals surface area contributed by atoms with Crippen molar-refractivity contribution in [1.82, 2.24) is 9.88 Å². The van der Waals surface area contributed by atoms with E-state index in [-0.39, 0.29) is 5.91 Å². The lowest BCUT2D eigenvalue weighted by Gasteiger charge is -2.36. The zero-order valence-corrected chi connectivity index (χ0v) is 18.8. The summed E-state index contributed by atoms with van der Waals surface area (Å²) in [4.78, 5) is 22.8. The normalized spacial score (nSPS) is 15.4. The van der Waals surface area contributed by atoms with E-state index in [9.17, 15) is 4.79 Å². The Morgan fingerprint density at radius 2 is 1.50 bits per heavy atom. The molecule has 34 heavy (non-hydrogen) atoms. The number of rotatable bonds is 3. The number of benzene rings is 3. The number of carbonyl (C=O) groups is 1. The predicted octanol–water partition coefficient (Wildman–Crippen LogP) is 4.64. The first kappa shape index (κ1) is 20.5. The molecule has 2 aliphatic heterocycles. The summed E-state index contributed by atoms with van der Waals surface area (Å²) in [5, 5.41) is 0.874. The van der Waals surface area contributed by atoms with Gasteiger partial charge >= 0.3 is 0 Å². The van der Waals surface area contributed by atoms with Crippen LogP contribution in [0.4, 0.5) is 5.69 Å². The monoisotopic (exact) mass is 451 g/mol. The van der Waals surface area contributed by atoms with Crippen molar-refractivity contribution < 1.29 is 14.3 Å². The van der Waals surface area contributed by atoms with Crippen LogP contribution in [0.15, 0.2) is 78.9 Å². The molecule has 0 bridgehead atoms. The Labute approximate surface area is 198 Å². The number of piperazine rings is 1. The van der Waals surface area contributed by atoms with Crippen molar-refractivity contribution >= 4 is 22.5 Å². The number of carbonyl (C=O) groups excluding carboxylic acids is 1. The van der Waals surface area contributed by atoms with Gasteiger partial charge in [0.1, 0.15) is 13.2 Å². The van der Waals surface area contributed by atoms with E-state index in [0.29, 0.717) is 37.6 Å². The van der Waals surface area contributed by atoms with Gasteiger partial charge in [0, 0.05) is 42.8 Å². The predicted molar refractivity (Wildman–Crippen MR) is 133 cm³/mol. The molecule has 3 aromatic carbocycles. The highest BCUT2D eigenvalue weighted by atomic mass is 16.6. The van der Waals surface area contributed by atoms with Gasteiger partial charge < -0.3 is 19.3 Å². The van der Waals surface area contributed by atoms with Gasteiger partial charge in [-0.25, -0.2) is 4.98 Å². The van der Waals surface area contributed by atoms with E-state index in [1.54, 1.807) is 0 Å². The summed E-state index contributed by atoms with van der Waals surface area (Å²) in [5.41, 5.74) is 4.34. The fourth-order valence-electron chi connectivity index (χ4n) is 4.68. The Hall–Kier alpha value is -4.06. The molecular formula is C28H25N3O3. The second kappa shape index (κ2) is 8.71. The van der Waals surface area contributed by atoms with Gasteiger partial charge in [0.2, 0.25) is 0 Å². The number of pyridine rings is 1. The van der Waals surface area contributed by atoms with Crippen molar-refractivity contribution in [2.75, 3.05) is 44.3 Å². The van der Waals surface area contributed by atoms with Gasteiger partial charge in [0.05, 0.1) is 16.8 Å². The van der Waals surface area contributed by atoms with Crippen LogP contribution in [0.3, 0.4) is 0 Å². The van der Waals surface area contributed by atoms with Crippen LogP contribution in [-0.4, -0.2) is 55.2 Å². The number of fused-ring (bicyclic) bond motifs is 2. The van der Waals surface area contributed by atoms with Gasteiger partial charge in [-0.2, -0.15) is 0 Å². The summed E-state index contributed by atoms with van der Waals surface area (Å²) < 4.78 is 11.4. The lowest BCUT2D eigenvalue weighted by Crippen LogP contribution is -2.48. The number of anilines is 1. The molecule has 1 amide bonds. The van der Waals surface area contributed by atoms with Crippen molar-refractivity contribution in [3.8, 4) is 22.8 Å². The third-order valence-corrected chi connectivity index (χ3v) is 6.47. The first-order valence-corrected chi connectivity index (χ1v) is 11.7. The summed E-state index contributed by atoms with van der Waals surface area (Å²) in [6.07, 6.45) is 0. The summed E-state index contributed by atoms with van der Waals surface area (Å²) in [6.45, 7) is 4.08. The lowest BCUT2D eigenvalue weighted by atomic mass is 10.0. The van der Waals surface area contributed by atoms with Crippen LogP contribution in [0.1, 0.15) is 10.4 Å². The molecule has 1 aromatic heterocycles. The molecule has 0 unspecified atom stereocenters. The van der Waals surface area contributed by atoms with Gasteiger partial charge in [-0.1, -0.05) is 36.4 Å². The Bertz CT molecular complexity index is 1350. The van der Waals surface area contributed by atoms with E-state index in [1.165, 1.54) is 5.69 Å². The van der Waals surface area contributed by atoms with Crippen LogP contribution in [0.25, 0.3) is 22.2 Å². The van der Waals surface area contributed by atoms with Crippen molar-refractivity contribution in [2.24, 2.45) is 0 Å². The van der Waals surface area contributed by atoms with Crippen molar-refractivity contribution in [3.63, 3.8) is 0 Å². The van der Waals surface area contributed by atoms with E-state index in [4.69, 9.17) is 14.5 Å². The van der Waals surface area contributed by atoms with Crippen LogP contribution in [-0.2, 0) is 0 Å². The summed E-state index contributed by atoms with van der Waals surface area (Å²) in [5.74, 6) is 1.50. The molecule has 2 aliphatic rings. The standard InChI is InChI=1S/C28H25N3O3/c32-28(31-14-12-30(13-15-31)21-6-2-1-3-7-21)23-19-25(29-24-9-5-4-8-22(23)24)20-10-11-26-27(18-20)34-17-16-33-26/h1-11,18-19H,12-17H2. The van der Waals surface area contributed by atoms with Gasteiger partial charge in [-0.3, -0.25) is 4.79 Å². The molecule has 1 saturated heterocycles. The van der Waals surface area contributed by atoms with Gasteiger partial charge in [0.15, 0.2) is 11.5 Å². The number of nitrogens with zero attached hydrogens (tertiary/aromatic N) is 3. The van der Waals surface area contributed by atoms with Gasteiger partial charge in [0.25, 0.3) is 5.91 Å². The SMILES string of the molecule is O=C(c1cc(-c2ccc3c(c2)OCCO3)nc2ccccc12)N1CCN(c2ccccc2)CC1. The number of aromatic nitrogens is 1. The van der Waals surface area contributed by atoms with Crippen molar-refractivity contribution in [2.45, 2.75) is 0 Å². The fraction of sp³-hybridized carbons (Fsp3) is 0.214. The summed E-state index contributed by atoms with van der Waals surface area (Å²) in [7, 11) is 0. The highest BCUT2D eigenvalue weighted by Gasteiger charge is 2.25. The van der Waals surface area contributed by atoms with E-state index in [2.05, 4.69) is 29.2 Å². The summed E-state index contributed by atoms with van der Waals surface area (Å²) >= 11 is 0. The maximum Gasteiger partial charge on any atom is 0.254 e.